The Kier molecular flexibility index (Phi) is 4.09. The van der Waals surface area contributed by atoms with Crippen LogP contribution in [-0.4, -0.2) is 41.5 Å². The molecule has 1 amide bonds. The summed E-state index contributed by atoms with van der Waals surface area (Å²) in [5.74, 6) is -3.60. The molecule has 1 saturated heterocycles. The molecule has 0 spiro atoms. The number of halogens is 2. The summed E-state index contributed by atoms with van der Waals surface area (Å²) in [6.07, 6.45) is -0.855. The Morgan fingerprint density at radius 1 is 1.48 bits per heavy atom. The number of nitriles is 1. The zero-order valence-corrected chi connectivity index (χ0v) is 10.6. The van der Waals surface area contributed by atoms with Gasteiger partial charge in [-0.05, 0) is 6.07 Å². The van der Waals surface area contributed by atoms with Gasteiger partial charge in [0.05, 0.1) is 30.2 Å². The van der Waals surface area contributed by atoms with E-state index < -0.39 is 39.8 Å². The van der Waals surface area contributed by atoms with E-state index in [9.17, 15) is 23.7 Å². The van der Waals surface area contributed by atoms with Crippen LogP contribution in [0.15, 0.2) is 12.1 Å². The standard InChI is InChI=1S/C12H9F2N3O4/c13-9-3-8(11(17(19)20)4-10(9)14)12(18)16-1-2-21-7(5-15)6-16/h3-4,7H,1-2,6H2. The van der Waals surface area contributed by atoms with Gasteiger partial charge in [-0.3, -0.25) is 14.9 Å². The number of ether oxygens (including phenoxy) is 1. The van der Waals surface area contributed by atoms with Crippen LogP contribution >= 0.6 is 0 Å². The first kappa shape index (κ1) is 14.8. The number of hydrogen-bond acceptors (Lipinski definition) is 5. The fraction of sp³-hybridized carbons (Fsp3) is 0.333. The van der Waals surface area contributed by atoms with Crippen LogP contribution in [0.25, 0.3) is 0 Å². The molecule has 1 heterocycles. The largest absolute Gasteiger partial charge is 0.360 e. The molecule has 1 aromatic carbocycles. The molecule has 0 radical (unpaired) electrons. The van der Waals surface area contributed by atoms with Gasteiger partial charge in [-0.1, -0.05) is 0 Å². The van der Waals surface area contributed by atoms with Crippen LogP contribution in [0.2, 0.25) is 0 Å². The highest BCUT2D eigenvalue weighted by molar-refractivity contribution is 5.98. The molecule has 1 aliphatic rings. The number of benzene rings is 1. The predicted octanol–water partition coefficient (Wildman–Crippen LogP) is 1.24. The molecule has 0 bridgehead atoms. The Bertz CT molecular complexity index is 644. The lowest BCUT2D eigenvalue weighted by molar-refractivity contribution is -0.385. The summed E-state index contributed by atoms with van der Waals surface area (Å²) in [7, 11) is 0. The molecular formula is C12H9F2N3O4. The fourth-order valence-electron chi connectivity index (χ4n) is 1.94. The van der Waals surface area contributed by atoms with Crippen molar-refractivity contribution in [1.82, 2.24) is 4.90 Å². The Labute approximate surface area is 117 Å². The van der Waals surface area contributed by atoms with E-state index in [0.717, 1.165) is 4.90 Å². The van der Waals surface area contributed by atoms with E-state index in [1.54, 1.807) is 0 Å². The van der Waals surface area contributed by atoms with Crippen LogP contribution in [0.3, 0.4) is 0 Å². The van der Waals surface area contributed by atoms with Crippen LogP contribution in [0.1, 0.15) is 10.4 Å². The van der Waals surface area contributed by atoms with Crippen molar-refractivity contribution in [3.8, 4) is 6.07 Å². The highest BCUT2D eigenvalue weighted by Gasteiger charge is 2.30. The summed E-state index contributed by atoms with van der Waals surface area (Å²) < 4.78 is 31.4. The molecule has 1 aliphatic heterocycles. The monoisotopic (exact) mass is 297 g/mol. The predicted molar refractivity (Wildman–Crippen MR) is 64.3 cm³/mol. The average Bonchev–Trinajstić information content (AvgIpc) is 2.48. The summed E-state index contributed by atoms with van der Waals surface area (Å²) >= 11 is 0. The van der Waals surface area contributed by atoms with Gasteiger partial charge >= 0.3 is 0 Å². The second-order valence-corrected chi connectivity index (χ2v) is 4.28. The van der Waals surface area contributed by atoms with Gasteiger partial charge < -0.3 is 9.64 Å². The Morgan fingerprint density at radius 2 is 2.14 bits per heavy atom. The van der Waals surface area contributed by atoms with Gasteiger partial charge in [0.15, 0.2) is 17.7 Å². The number of amides is 1. The Morgan fingerprint density at radius 3 is 2.76 bits per heavy atom. The van der Waals surface area contributed by atoms with E-state index in [-0.39, 0.29) is 19.7 Å². The van der Waals surface area contributed by atoms with E-state index in [0.29, 0.717) is 12.1 Å². The summed E-state index contributed by atoms with van der Waals surface area (Å²) in [5.41, 5.74) is -1.38. The number of morpholine rings is 1. The van der Waals surface area contributed by atoms with Crippen LogP contribution in [0.5, 0.6) is 0 Å². The van der Waals surface area contributed by atoms with Crippen molar-refractivity contribution in [2.75, 3.05) is 19.7 Å². The van der Waals surface area contributed by atoms with Crippen molar-refractivity contribution >= 4 is 11.6 Å². The van der Waals surface area contributed by atoms with E-state index in [1.807, 2.05) is 6.07 Å². The maximum absolute atomic E-state index is 13.2. The van der Waals surface area contributed by atoms with Crippen molar-refractivity contribution in [1.29, 1.82) is 5.26 Å². The summed E-state index contributed by atoms with van der Waals surface area (Å²) in [6, 6.07) is 2.67. The van der Waals surface area contributed by atoms with E-state index in [1.165, 1.54) is 0 Å². The highest BCUT2D eigenvalue weighted by atomic mass is 19.2. The molecule has 0 aromatic heterocycles. The third-order valence-electron chi connectivity index (χ3n) is 2.96. The van der Waals surface area contributed by atoms with Gasteiger partial charge in [-0.15, -0.1) is 0 Å². The molecule has 9 heteroatoms. The van der Waals surface area contributed by atoms with Gasteiger partial charge in [-0.25, -0.2) is 8.78 Å². The smallest absolute Gasteiger partial charge is 0.285 e. The molecule has 0 saturated carbocycles. The lowest BCUT2D eigenvalue weighted by atomic mass is 10.1. The zero-order chi connectivity index (χ0) is 15.6. The molecular weight excluding hydrogens is 288 g/mol. The number of nitro benzene ring substituents is 1. The maximum Gasteiger partial charge on any atom is 0.285 e. The maximum atomic E-state index is 13.2. The molecule has 110 valence electrons. The van der Waals surface area contributed by atoms with Gasteiger partial charge in [0, 0.05) is 6.54 Å². The van der Waals surface area contributed by atoms with Crippen molar-refractivity contribution in [2.24, 2.45) is 0 Å². The quantitative estimate of drug-likeness (QED) is 0.604. The van der Waals surface area contributed by atoms with Gasteiger partial charge in [0.25, 0.3) is 11.6 Å². The van der Waals surface area contributed by atoms with E-state index in [2.05, 4.69) is 0 Å². The SMILES string of the molecule is N#CC1CN(C(=O)c2cc(F)c(F)cc2[N+](=O)[O-])CCO1. The second kappa shape index (κ2) is 5.80. The lowest BCUT2D eigenvalue weighted by Crippen LogP contribution is -2.45. The number of carbonyl (C=O) groups is 1. The molecule has 1 aromatic rings. The third kappa shape index (κ3) is 2.95. The lowest BCUT2D eigenvalue weighted by Gasteiger charge is -2.29. The Balaban J connectivity index is 2.37. The normalized spacial score (nSPS) is 18.1. The van der Waals surface area contributed by atoms with Crippen LogP contribution in [0, 0.1) is 33.1 Å². The summed E-state index contributed by atoms with van der Waals surface area (Å²) in [5, 5.41) is 19.6. The molecule has 21 heavy (non-hydrogen) atoms. The van der Waals surface area contributed by atoms with Crippen LogP contribution < -0.4 is 0 Å². The minimum Gasteiger partial charge on any atom is -0.360 e. The molecule has 0 aliphatic carbocycles. The Hall–Kier alpha value is -2.60. The first-order chi connectivity index (χ1) is 9.93. The summed E-state index contributed by atoms with van der Waals surface area (Å²) in [4.78, 5) is 23.3. The van der Waals surface area contributed by atoms with Gasteiger partial charge in [-0.2, -0.15) is 5.26 Å². The second-order valence-electron chi connectivity index (χ2n) is 4.28. The molecule has 1 unspecified atom stereocenters. The molecule has 1 atom stereocenters. The molecule has 2 rings (SSSR count). The van der Waals surface area contributed by atoms with Crippen molar-refractivity contribution < 1.29 is 23.2 Å². The highest BCUT2D eigenvalue weighted by Crippen LogP contribution is 2.24. The average molecular weight is 297 g/mol. The topological polar surface area (TPSA) is 96.5 Å². The number of nitro groups is 1. The third-order valence-corrected chi connectivity index (χ3v) is 2.96. The van der Waals surface area contributed by atoms with E-state index >= 15 is 0 Å². The van der Waals surface area contributed by atoms with Crippen LogP contribution in [0.4, 0.5) is 14.5 Å². The van der Waals surface area contributed by atoms with Crippen molar-refractivity contribution in [2.45, 2.75) is 6.10 Å². The molecule has 7 nitrogen and oxygen atoms in total. The minimum atomic E-state index is -1.41. The van der Waals surface area contributed by atoms with Crippen LogP contribution in [-0.2, 0) is 4.74 Å². The first-order valence-corrected chi connectivity index (χ1v) is 5.88. The molecule has 0 N–H and O–H groups in total. The zero-order valence-electron chi connectivity index (χ0n) is 10.6. The van der Waals surface area contributed by atoms with Crippen molar-refractivity contribution in [3.05, 3.63) is 39.4 Å². The fourth-order valence-corrected chi connectivity index (χ4v) is 1.94. The number of carbonyl (C=O) groups excluding carboxylic acids is 1. The molecule has 1 fully saturated rings. The van der Waals surface area contributed by atoms with Gasteiger partial charge in [0.2, 0.25) is 0 Å². The van der Waals surface area contributed by atoms with Gasteiger partial charge in [0.1, 0.15) is 5.56 Å². The van der Waals surface area contributed by atoms with Crippen molar-refractivity contribution in [3.63, 3.8) is 0 Å². The number of rotatable bonds is 2. The first-order valence-electron chi connectivity index (χ1n) is 5.88. The van der Waals surface area contributed by atoms with E-state index in [4.69, 9.17) is 10.00 Å². The number of nitrogens with zero attached hydrogens (tertiary/aromatic N) is 3. The number of hydrogen-bond donors (Lipinski definition) is 0. The summed E-state index contributed by atoms with van der Waals surface area (Å²) in [6.45, 7) is 0.0973. The minimum absolute atomic E-state index is 0.0848.